The molecule has 0 bridgehead atoms. The van der Waals surface area contributed by atoms with E-state index in [4.69, 9.17) is 16.3 Å². The molecule has 0 aromatic heterocycles. The van der Waals surface area contributed by atoms with Gasteiger partial charge in [0.25, 0.3) is 10.0 Å². The lowest BCUT2D eigenvalue weighted by Crippen LogP contribution is -2.51. The summed E-state index contributed by atoms with van der Waals surface area (Å²) in [5.41, 5.74) is 1.78. The number of sulfonamides is 1. The lowest BCUT2D eigenvalue weighted by atomic mass is 10.1. The fraction of sp³-hybridized carbons (Fsp3) is 0.286. The Morgan fingerprint density at radius 3 is 2.34 bits per heavy atom. The molecule has 0 aliphatic carbocycles. The van der Waals surface area contributed by atoms with Gasteiger partial charge in [-0.05, 0) is 56.7 Å². The molecular formula is C28H32ClN3O5S. The largest absolute Gasteiger partial charge is 0.497 e. The van der Waals surface area contributed by atoms with Crippen molar-refractivity contribution in [2.24, 2.45) is 0 Å². The van der Waals surface area contributed by atoms with Gasteiger partial charge in [0, 0.05) is 24.2 Å². The predicted octanol–water partition coefficient (Wildman–Crippen LogP) is 4.41. The van der Waals surface area contributed by atoms with Gasteiger partial charge >= 0.3 is 0 Å². The van der Waals surface area contributed by atoms with Crippen LogP contribution in [-0.4, -0.2) is 51.4 Å². The second kappa shape index (κ2) is 12.8. The topological polar surface area (TPSA) is 96.0 Å². The monoisotopic (exact) mass is 557 g/mol. The third kappa shape index (κ3) is 6.85. The Morgan fingerprint density at radius 2 is 1.71 bits per heavy atom. The molecule has 0 radical (unpaired) electrons. The number of hydrogen-bond donors (Lipinski definition) is 1. The van der Waals surface area contributed by atoms with Crippen molar-refractivity contribution in [3.63, 3.8) is 0 Å². The minimum absolute atomic E-state index is 0.0212. The van der Waals surface area contributed by atoms with E-state index in [0.29, 0.717) is 22.9 Å². The van der Waals surface area contributed by atoms with Crippen molar-refractivity contribution in [1.82, 2.24) is 10.2 Å². The van der Waals surface area contributed by atoms with E-state index in [9.17, 15) is 18.0 Å². The Hall–Kier alpha value is -3.56. The lowest BCUT2D eigenvalue weighted by molar-refractivity contribution is -0.139. The number of ether oxygens (including phenoxy) is 1. The highest BCUT2D eigenvalue weighted by atomic mass is 35.5. The molecule has 8 nitrogen and oxygen atoms in total. The quantitative estimate of drug-likeness (QED) is 0.377. The van der Waals surface area contributed by atoms with Gasteiger partial charge in [-0.1, -0.05) is 53.6 Å². The average molecular weight is 558 g/mol. The Bertz CT molecular complexity index is 1380. The summed E-state index contributed by atoms with van der Waals surface area (Å²) in [5, 5.41) is 3.16. The van der Waals surface area contributed by atoms with E-state index < -0.39 is 28.5 Å². The van der Waals surface area contributed by atoms with Crippen molar-refractivity contribution in [1.29, 1.82) is 0 Å². The summed E-state index contributed by atoms with van der Waals surface area (Å²) in [7, 11) is -2.68. The third-order valence-electron chi connectivity index (χ3n) is 6.05. The highest BCUT2D eigenvalue weighted by molar-refractivity contribution is 7.92. The molecule has 202 valence electrons. The van der Waals surface area contributed by atoms with Crippen molar-refractivity contribution in [3.05, 3.63) is 88.9 Å². The van der Waals surface area contributed by atoms with Crippen LogP contribution in [0.4, 0.5) is 5.69 Å². The number of anilines is 1. The zero-order chi connectivity index (χ0) is 27.9. The van der Waals surface area contributed by atoms with E-state index in [1.165, 1.54) is 24.1 Å². The molecule has 3 aromatic carbocycles. The first kappa shape index (κ1) is 29.0. The maximum atomic E-state index is 13.8. The molecule has 0 fully saturated rings. The van der Waals surface area contributed by atoms with Gasteiger partial charge in [-0.2, -0.15) is 0 Å². The molecule has 0 aliphatic heterocycles. The Kier molecular flexibility index (Phi) is 9.77. The number of methoxy groups -OCH3 is 1. The van der Waals surface area contributed by atoms with Crippen LogP contribution in [0.1, 0.15) is 25.0 Å². The van der Waals surface area contributed by atoms with Gasteiger partial charge in [-0.3, -0.25) is 13.9 Å². The number of nitrogens with zero attached hydrogens (tertiary/aromatic N) is 2. The number of hydrogen-bond acceptors (Lipinski definition) is 5. The number of rotatable bonds is 11. The van der Waals surface area contributed by atoms with Gasteiger partial charge in [0.15, 0.2) is 0 Å². The second-order valence-corrected chi connectivity index (χ2v) is 11.0. The summed E-state index contributed by atoms with van der Waals surface area (Å²) in [4.78, 5) is 28.0. The van der Waals surface area contributed by atoms with Crippen molar-refractivity contribution < 1.29 is 22.7 Å². The molecule has 2 amide bonds. The highest BCUT2D eigenvalue weighted by Gasteiger charge is 2.32. The smallest absolute Gasteiger partial charge is 0.264 e. The molecule has 38 heavy (non-hydrogen) atoms. The Labute approximate surface area is 229 Å². The van der Waals surface area contributed by atoms with Gasteiger partial charge in [0.05, 0.1) is 17.7 Å². The SMILES string of the molecule is CCNC(=O)[C@@H](C)N(Cc1ccccc1Cl)C(=O)CN(c1cccc(OC)c1)S(=O)(=O)c1ccc(C)cc1. The maximum Gasteiger partial charge on any atom is 0.264 e. The van der Waals surface area contributed by atoms with Crippen LogP contribution in [0.2, 0.25) is 5.02 Å². The van der Waals surface area contributed by atoms with E-state index in [1.807, 2.05) is 6.92 Å². The van der Waals surface area contributed by atoms with Crippen LogP contribution < -0.4 is 14.4 Å². The molecule has 10 heteroatoms. The lowest BCUT2D eigenvalue weighted by Gasteiger charge is -2.32. The normalized spacial score (nSPS) is 11.9. The molecule has 0 unspecified atom stereocenters. The molecule has 0 saturated heterocycles. The van der Waals surface area contributed by atoms with Crippen molar-refractivity contribution in [2.75, 3.05) is 24.5 Å². The van der Waals surface area contributed by atoms with Crippen LogP contribution in [0.25, 0.3) is 0 Å². The summed E-state index contributed by atoms with van der Waals surface area (Å²) in [5.74, 6) is -0.493. The Balaban J connectivity index is 2.06. The van der Waals surface area contributed by atoms with Crippen LogP contribution >= 0.6 is 11.6 Å². The molecular weight excluding hydrogens is 526 g/mol. The van der Waals surface area contributed by atoms with Gasteiger partial charge < -0.3 is 15.0 Å². The predicted molar refractivity (Wildman–Crippen MR) is 149 cm³/mol. The minimum Gasteiger partial charge on any atom is -0.497 e. The summed E-state index contributed by atoms with van der Waals surface area (Å²) < 4.78 is 34.0. The molecule has 3 rings (SSSR count). The van der Waals surface area contributed by atoms with Gasteiger partial charge in [-0.15, -0.1) is 0 Å². The van der Waals surface area contributed by atoms with E-state index in [2.05, 4.69) is 5.32 Å². The standard InChI is InChI=1S/C28H32ClN3O5S/c1-5-30-28(34)21(3)31(18-22-9-6-7-12-26(22)29)27(33)19-32(23-10-8-11-24(17-23)37-4)38(35,36)25-15-13-20(2)14-16-25/h6-17,21H,5,18-19H2,1-4H3,(H,30,34)/t21-/m1/s1. The van der Waals surface area contributed by atoms with Crippen LogP contribution in [0, 0.1) is 6.92 Å². The number of nitrogens with one attached hydrogen (secondary N) is 1. The first-order valence-electron chi connectivity index (χ1n) is 12.1. The summed E-state index contributed by atoms with van der Waals surface area (Å²) in [6.07, 6.45) is 0. The van der Waals surface area contributed by atoms with E-state index in [1.54, 1.807) is 74.5 Å². The fourth-order valence-corrected chi connectivity index (χ4v) is 5.45. The maximum absolute atomic E-state index is 13.8. The van der Waals surface area contributed by atoms with E-state index in [-0.39, 0.29) is 23.0 Å². The molecule has 1 atom stereocenters. The van der Waals surface area contributed by atoms with Crippen LogP contribution in [0.5, 0.6) is 5.75 Å². The summed E-state index contributed by atoms with van der Waals surface area (Å²) in [6.45, 7) is 5.10. The van der Waals surface area contributed by atoms with E-state index in [0.717, 1.165) is 9.87 Å². The molecule has 1 N–H and O–H groups in total. The number of carbonyl (C=O) groups excluding carboxylic acids is 2. The highest BCUT2D eigenvalue weighted by Crippen LogP contribution is 2.28. The van der Waals surface area contributed by atoms with Crippen LogP contribution in [-0.2, 0) is 26.2 Å². The number of benzene rings is 3. The molecule has 0 heterocycles. The molecule has 0 aliphatic rings. The molecule has 0 saturated carbocycles. The first-order valence-corrected chi connectivity index (χ1v) is 13.9. The van der Waals surface area contributed by atoms with Crippen molar-refractivity contribution in [3.8, 4) is 5.75 Å². The number of carbonyl (C=O) groups is 2. The van der Waals surface area contributed by atoms with E-state index >= 15 is 0 Å². The number of aryl methyl sites for hydroxylation is 1. The van der Waals surface area contributed by atoms with Crippen molar-refractivity contribution >= 4 is 39.1 Å². The first-order chi connectivity index (χ1) is 18.1. The third-order valence-corrected chi connectivity index (χ3v) is 8.20. The number of amides is 2. The fourth-order valence-electron chi connectivity index (χ4n) is 3.85. The van der Waals surface area contributed by atoms with Gasteiger partial charge in [0.2, 0.25) is 11.8 Å². The molecule has 3 aromatic rings. The zero-order valence-corrected chi connectivity index (χ0v) is 23.4. The van der Waals surface area contributed by atoms with Gasteiger partial charge in [0.1, 0.15) is 18.3 Å². The second-order valence-electron chi connectivity index (χ2n) is 8.71. The Morgan fingerprint density at radius 1 is 1.03 bits per heavy atom. The minimum atomic E-state index is -4.16. The van der Waals surface area contributed by atoms with Crippen LogP contribution in [0.15, 0.2) is 77.7 Å². The average Bonchev–Trinajstić information content (AvgIpc) is 2.91. The van der Waals surface area contributed by atoms with Gasteiger partial charge in [-0.25, -0.2) is 8.42 Å². The zero-order valence-electron chi connectivity index (χ0n) is 21.8. The van der Waals surface area contributed by atoms with Crippen LogP contribution in [0.3, 0.4) is 0 Å². The number of likely N-dealkylation sites (N-methyl/N-ethyl adjacent to an activating group) is 1. The molecule has 0 spiro atoms. The number of halogens is 1. The van der Waals surface area contributed by atoms with Crippen molar-refractivity contribution in [2.45, 2.75) is 38.3 Å². The summed E-state index contributed by atoms with van der Waals surface area (Å²) in [6, 6.07) is 19.0. The summed E-state index contributed by atoms with van der Waals surface area (Å²) >= 11 is 6.36.